The molecule has 0 saturated carbocycles. The predicted molar refractivity (Wildman–Crippen MR) is 82.1 cm³/mol. The van der Waals surface area contributed by atoms with E-state index in [2.05, 4.69) is 17.0 Å². The average Bonchev–Trinajstić information content (AvgIpc) is 2.86. The van der Waals surface area contributed by atoms with Gasteiger partial charge in [0.15, 0.2) is 0 Å². The number of ether oxygens (including phenoxy) is 1. The molecule has 116 valence electrons. The molecular weight excluding hydrogens is 278 g/mol. The first-order valence-electron chi connectivity index (χ1n) is 7.83. The van der Waals surface area contributed by atoms with Crippen LogP contribution in [-0.4, -0.2) is 47.7 Å². The van der Waals surface area contributed by atoms with Gasteiger partial charge in [0, 0.05) is 39.0 Å². The summed E-state index contributed by atoms with van der Waals surface area (Å²) >= 11 is 0. The minimum Gasteiger partial charge on any atom is -0.441 e. The first-order chi connectivity index (χ1) is 10.6. The third kappa shape index (κ3) is 2.93. The van der Waals surface area contributed by atoms with Crippen molar-refractivity contribution in [2.45, 2.75) is 31.9 Å². The van der Waals surface area contributed by atoms with Crippen LogP contribution in [0.4, 0.5) is 4.79 Å². The molecule has 0 N–H and O–H groups in total. The second kappa shape index (κ2) is 5.98. The first-order valence-corrected chi connectivity index (χ1v) is 7.83. The molecule has 2 saturated heterocycles. The van der Waals surface area contributed by atoms with Crippen LogP contribution in [0.3, 0.4) is 0 Å². The molecule has 0 bridgehead atoms. The molecule has 0 unspecified atom stereocenters. The van der Waals surface area contributed by atoms with Crippen LogP contribution in [0.25, 0.3) is 0 Å². The lowest BCUT2D eigenvalue weighted by Gasteiger charge is -2.37. The lowest BCUT2D eigenvalue weighted by molar-refractivity contribution is -0.00123. The lowest BCUT2D eigenvalue weighted by atomic mass is 9.91. The molecule has 5 nitrogen and oxygen atoms in total. The Morgan fingerprint density at radius 1 is 1.36 bits per heavy atom. The molecular formula is C17H21N3O2. The third-order valence-corrected chi connectivity index (χ3v) is 4.65. The Kier molecular flexibility index (Phi) is 4.04. The van der Waals surface area contributed by atoms with Crippen molar-refractivity contribution >= 4 is 6.09 Å². The standard InChI is InChI=1S/C17H21N3O2/c1-2-20-13-17(22-16(20)21)6-8-19(9-7-17)12-15-5-3-4-14(10-15)11-18/h3-5,10H,2,6-9,12-13H2,1H3. The van der Waals surface area contributed by atoms with Gasteiger partial charge in [-0.15, -0.1) is 0 Å². The average molecular weight is 299 g/mol. The van der Waals surface area contributed by atoms with Crippen LogP contribution >= 0.6 is 0 Å². The van der Waals surface area contributed by atoms with Crippen molar-refractivity contribution < 1.29 is 9.53 Å². The third-order valence-electron chi connectivity index (χ3n) is 4.65. The van der Waals surface area contributed by atoms with Crippen LogP contribution in [0.1, 0.15) is 30.9 Å². The summed E-state index contributed by atoms with van der Waals surface area (Å²) in [6.45, 7) is 6.10. The van der Waals surface area contributed by atoms with Gasteiger partial charge in [-0.05, 0) is 24.6 Å². The zero-order valence-electron chi connectivity index (χ0n) is 12.9. The van der Waals surface area contributed by atoms with E-state index in [4.69, 9.17) is 10.00 Å². The minimum absolute atomic E-state index is 0.169. The Bertz CT molecular complexity index is 600. The minimum atomic E-state index is -0.280. The summed E-state index contributed by atoms with van der Waals surface area (Å²) in [7, 11) is 0. The highest BCUT2D eigenvalue weighted by Gasteiger charge is 2.46. The van der Waals surface area contributed by atoms with E-state index >= 15 is 0 Å². The maximum atomic E-state index is 11.8. The molecule has 0 aliphatic carbocycles. The van der Waals surface area contributed by atoms with Gasteiger partial charge in [-0.3, -0.25) is 4.90 Å². The van der Waals surface area contributed by atoms with Crippen molar-refractivity contribution in [1.82, 2.24) is 9.80 Å². The van der Waals surface area contributed by atoms with Gasteiger partial charge >= 0.3 is 6.09 Å². The molecule has 0 aromatic heterocycles. The molecule has 2 aliphatic heterocycles. The molecule has 2 fully saturated rings. The summed E-state index contributed by atoms with van der Waals surface area (Å²) in [6, 6.07) is 9.93. The monoisotopic (exact) mass is 299 g/mol. The molecule has 2 heterocycles. The molecule has 1 amide bonds. The molecule has 0 radical (unpaired) electrons. The Morgan fingerprint density at radius 2 is 2.14 bits per heavy atom. The van der Waals surface area contributed by atoms with E-state index in [9.17, 15) is 4.79 Å². The van der Waals surface area contributed by atoms with Crippen molar-refractivity contribution in [3.63, 3.8) is 0 Å². The quantitative estimate of drug-likeness (QED) is 0.860. The highest BCUT2D eigenvalue weighted by molar-refractivity contribution is 5.70. The number of piperidine rings is 1. The smallest absolute Gasteiger partial charge is 0.410 e. The van der Waals surface area contributed by atoms with Gasteiger partial charge in [0.2, 0.25) is 0 Å². The van der Waals surface area contributed by atoms with Gasteiger partial charge in [0.25, 0.3) is 0 Å². The Morgan fingerprint density at radius 3 is 2.77 bits per heavy atom. The summed E-state index contributed by atoms with van der Waals surface area (Å²) < 4.78 is 5.65. The summed E-state index contributed by atoms with van der Waals surface area (Å²) in [5.41, 5.74) is 1.58. The molecule has 22 heavy (non-hydrogen) atoms. The Labute approximate surface area is 131 Å². The SMILES string of the molecule is CCN1CC2(CCN(Cc3cccc(C#N)c3)CC2)OC1=O. The normalized spacial score (nSPS) is 20.9. The van der Waals surface area contributed by atoms with Gasteiger partial charge in [0.05, 0.1) is 18.2 Å². The van der Waals surface area contributed by atoms with Crippen molar-refractivity contribution in [3.8, 4) is 6.07 Å². The molecule has 1 aromatic rings. The number of carbonyl (C=O) groups excluding carboxylic acids is 1. The van der Waals surface area contributed by atoms with Crippen LogP contribution in [0.15, 0.2) is 24.3 Å². The summed E-state index contributed by atoms with van der Waals surface area (Å²) in [4.78, 5) is 15.9. The van der Waals surface area contributed by atoms with Gasteiger partial charge in [-0.2, -0.15) is 5.26 Å². The number of nitrogens with zero attached hydrogens (tertiary/aromatic N) is 3. The van der Waals surface area contributed by atoms with E-state index in [-0.39, 0.29) is 11.7 Å². The van der Waals surface area contributed by atoms with Gasteiger partial charge < -0.3 is 9.64 Å². The molecule has 3 rings (SSSR count). The fourth-order valence-electron chi connectivity index (χ4n) is 3.31. The summed E-state index contributed by atoms with van der Waals surface area (Å²) in [5, 5.41) is 8.96. The van der Waals surface area contributed by atoms with Crippen LogP contribution < -0.4 is 0 Å². The zero-order chi connectivity index (χ0) is 15.6. The van der Waals surface area contributed by atoms with Crippen molar-refractivity contribution in [2.75, 3.05) is 26.2 Å². The predicted octanol–water partition coefficient (Wildman–Crippen LogP) is 2.36. The second-order valence-electron chi connectivity index (χ2n) is 6.15. The van der Waals surface area contributed by atoms with Gasteiger partial charge in [-0.25, -0.2) is 4.79 Å². The highest BCUT2D eigenvalue weighted by atomic mass is 16.6. The number of rotatable bonds is 3. The zero-order valence-corrected chi connectivity index (χ0v) is 12.9. The van der Waals surface area contributed by atoms with E-state index in [1.807, 2.05) is 25.1 Å². The number of amides is 1. The molecule has 1 aromatic carbocycles. The van der Waals surface area contributed by atoms with E-state index in [1.54, 1.807) is 4.90 Å². The van der Waals surface area contributed by atoms with Gasteiger partial charge in [0.1, 0.15) is 5.60 Å². The van der Waals surface area contributed by atoms with E-state index in [0.29, 0.717) is 12.1 Å². The van der Waals surface area contributed by atoms with Crippen LogP contribution in [0.2, 0.25) is 0 Å². The topological polar surface area (TPSA) is 56.6 Å². The largest absolute Gasteiger partial charge is 0.441 e. The van der Waals surface area contributed by atoms with Crippen LogP contribution in [-0.2, 0) is 11.3 Å². The Hall–Kier alpha value is -2.06. The maximum absolute atomic E-state index is 11.8. The number of likely N-dealkylation sites (tertiary alicyclic amines) is 1. The lowest BCUT2D eigenvalue weighted by Crippen LogP contribution is -2.46. The number of carbonyl (C=O) groups is 1. The fraction of sp³-hybridized carbons (Fsp3) is 0.529. The van der Waals surface area contributed by atoms with Crippen LogP contribution in [0, 0.1) is 11.3 Å². The molecule has 0 atom stereocenters. The maximum Gasteiger partial charge on any atom is 0.410 e. The number of hydrogen-bond acceptors (Lipinski definition) is 4. The summed E-state index contributed by atoms with van der Waals surface area (Å²) in [6.07, 6.45) is 1.60. The van der Waals surface area contributed by atoms with Crippen LogP contribution in [0.5, 0.6) is 0 Å². The Balaban J connectivity index is 1.58. The number of benzene rings is 1. The van der Waals surface area contributed by atoms with Crippen molar-refractivity contribution in [2.24, 2.45) is 0 Å². The van der Waals surface area contributed by atoms with E-state index < -0.39 is 0 Å². The molecule has 5 heteroatoms. The van der Waals surface area contributed by atoms with E-state index in [1.165, 1.54) is 0 Å². The van der Waals surface area contributed by atoms with Crippen molar-refractivity contribution in [1.29, 1.82) is 5.26 Å². The number of hydrogen-bond donors (Lipinski definition) is 0. The molecule has 2 aliphatic rings. The molecule has 1 spiro atoms. The van der Waals surface area contributed by atoms with Gasteiger partial charge in [-0.1, -0.05) is 12.1 Å². The first kappa shape index (κ1) is 14.9. The second-order valence-corrected chi connectivity index (χ2v) is 6.15. The summed E-state index contributed by atoms with van der Waals surface area (Å²) in [5.74, 6) is 0. The number of likely N-dealkylation sites (N-methyl/N-ethyl adjacent to an activating group) is 1. The highest BCUT2D eigenvalue weighted by Crippen LogP contribution is 2.33. The van der Waals surface area contributed by atoms with Crippen molar-refractivity contribution in [3.05, 3.63) is 35.4 Å². The fourth-order valence-corrected chi connectivity index (χ4v) is 3.31. The van der Waals surface area contributed by atoms with E-state index in [0.717, 1.165) is 44.6 Å². The number of nitriles is 1.